The van der Waals surface area contributed by atoms with Gasteiger partial charge in [-0.1, -0.05) is 27.2 Å². The molecule has 0 saturated heterocycles. The Hall–Kier alpha value is -0.860. The summed E-state index contributed by atoms with van der Waals surface area (Å²) in [6.07, 6.45) is 6.89. The van der Waals surface area contributed by atoms with E-state index in [1.165, 1.54) is 12.8 Å². The van der Waals surface area contributed by atoms with Crippen LogP contribution >= 0.6 is 0 Å². The maximum atomic E-state index is 12.1. The molecule has 0 aromatic carbocycles. The third-order valence-electron chi connectivity index (χ3n) is 7.27. The SMILES string of the molecule is CC1(C)CCC[C@]2(C)[C@@H]1CC[C@@]1(C(=O)O)CC(=O)CC[C@H]12. The van der Waals surface area contributed by atoms with Crippen LogP contribution in [0.25, 0.3) is 0 Å². The zero-order valence-electron chi connectivity index (χ0n) is 13.6. The molecule has 3 aliphatic carbocycles. The number of rotatable bonds is 1. The lowest BCUT2D eigenvalue weighted by Crippen LogP contribution is -2.59. The normalized spacial score (nSPS) is 45.6. The number of ketones is 1. The van der Waals surface area contributed by atoms with Gasteiger partial charge in [0, 0.05) is 12.8 Å². The molecule has 0 amide bonds. The van der Waals surface area contributed by atoms with Crippen LogP contribution < -0.4 is 0 Å². The van der Waals surface area contributed by atoms with E-state index in [1.807, 2.05) is 0 Å². The van der Waals surface area contributed by atoms with E-state index in [-0.39, 0.29) is 23.5 Å². The van der Waals surface area contributed by atoms with E-state index in [2.05, 4.69) is 20.8 Å². The molecule has 1 N–H and O–H groups in total. The van der Waals surface area contributed by atoms with Crippen molar-refractivity contribution in [3.05, 3.63) is 0 Å². The molecule has 0 bridgehead atoms. The number of hydrogen-bond donors (Lipinski definition) is 1. The summed E-state index contributed by atoms with van der Waals surface area (Å²) in [6.45, 7) is 7.05. The molecule has 118 valence electrons. The average Bonchev–Trinajstić information content (AvgIpc) is 2.36. The summed E-state index contributed by atoms with van der Waals surface area (Å²) in [4.78, 5) is 24.0. The summed E-state index contributed by atoms with van der Waals surface area (Å²) < 4.78 is 0. The fraction of sp³-hybridized carbons (Fsp3) is 0.889. The first kappa shape index (κ1) is 15.1. The minimum absolute atomic E-state index is 0.0963. The molecule has 3 saturated carbocycles. The summed E-state index contributed by atoms with van der Waals surface area (Å²) in [6, 6.07) is 0. The van der Waals surface area contributed by atoms with E-state index < -0.39 is 11.4 Å². The average molecular weight is 292 g/mol. The highest BCUT2D eigenvalue weighted by Gasteiger charge is 2.63. The molecule has 0 aliphatic heterocycles. The number of carbonyl (C=O) groups is 2. The third kappa shape index (κ3) is 1.99. The van der Waals surface area contributed by atoms with Crippen LogP contribution in [0.1, 0.15) is 72.1 Å². The number of carbonyl (C=O) groups excluding carboxylic acids is 1. The van der Waals surface area contributed by atoms with Crippen LogP contribution in [-0.4, -0.2) is 16.9 Å². The second-order valence-electron chi connectivity index (χ2n) is 8.71. The van der Waals surface area contributed by atoms with E-state index in [0.29, 0.717) is 24.2 Å². The molecule has 4 atom stereocenters. The molecule has 21 heavy (non-hydrogen) atoms. The van der Waals surface area contributed by atoms with Gasteiger partial charge in [-0.2, -0.15) is 0 Å². The molecule has 0 aromatic heterocycles. The van der Waals surface area contributed by atoms with Gasteiger partial charge in [-0.15, -0.1) is 0 Å². The van der Waals surface area contributed by atoms with Crippen molar-refractivity contribution >= 4 is 11.8 Å². The number of hydrogen-bond acceptors (Lipinski definition) is 2. The first-order valence-electron chi connectivity index (χ1n) is 8.47. The molecule has 3 heteroatoms. The van der Waals surface area contributed by atoms with Gasteiger partial charge >= 0.3 is 5.97 Å². The van der Waals surface area contributed by atoms with Gasteiger partial charge in [0.2, 0.25) is 0 Å². The summed E-state index contributed by atoms with van der Waals surface area (Å²) in [5.41, 5.74) is -0.369. The molecular formula is C18H28O3. The highest BCUT2D eigenvalue weighted by atomic mass is 16.4. The highest BCUT2D eigenvalue weighted by Crippen LogP contribution is 2.67. The van der Waals surface area contributed by atoms with Gasteiger partial charge in [0.25, 0.3) is 0 Å². The van der Waals surface area contributed by atoms with Crippen LogP contribution in [0.15, 0.2) is 0 Å². The molecular weight excluding hydrogens is 264 g/mol. The minimum Gasteiger partial charge on any atom is -0.481 e. The van der Waals surface area contributed by atoms with Gasteiger partial charge in [0.15, 0.2) is 0 Å². The zero-order valence-corrected chi connectivity index (χ0v) is 13.6. The van der Waals surface area contributed by atoms with Gasteiger partial charge in [0.1, 0.15) is 5.78 Å². The van der Waals surface area contributed by atoms with Crippen LogP contribution in [0, 0.1) is 28.1 Å². The lowest BCUT2D eigenvalue weighted by atomic mass is 9.41. The van der Waals surface area contributed by atoms with E-state index in [0.717, 1.165) is 19.3 Å². The largest absolute Gasteiger partial charge is 0.481 e. The quantitative estimate of drug-likeness (QED) is 0.793. The van der Waals surface area contributed by atoms with Gasteiger partial charge in [0.05, 0.1) is 5.41 Å². The summed E-state index contributed by atoms with van der Waals surface area (Å²) in [5, 5.41) is 9.92. The first-order valence-corrected chi connectivity index (χ1v) is 8.47. The number of fused-ring (bicyclic) bond motifs is 3. The Balaban J connectivity index is 2.04. The number of carboxylic acid groups (broad SMARTS) is 1. The number of carboxylic acids is 1. The lowest BCUT2D eigenvalue weighted by molar-refractivity contribution is -0.187. The lowest BCUT2D eigenvalue weighted by Gasteiger charge is -2.63. The van der Waals surface area contributed by atoms with Crippen LogP contribution in [0.3, 0.4) is 0 Å². The summed E-state index contributed by atoms with van der Waals surface area (Å²) in [5.74, 6) is 0.220. The molecule has 0 radical (unpaired) electrons. The van der Waals surface area contributed by atoms with Gasteiger partial charge in [-0.05, 0) is 54.8 Å². The van der Waals surface area contributed by atoms with Gasteiger partial charge < -0.3 is 5.11 Å². The molecule has 3 rings (SSSR count). The maximum absolute atomic E-state index is 12.1. The Labute approximate surface area is 127 Å². The summed E-state index contributed by atoms with van der Waals surface area (Å²) >= 11 is 0. The second-order valence-corrected chi connectivity index (χ2v) is 8.71. The van der Waals surface area contributed by atoms with Crippen molar-refractivity contribution in [1.29, 1.82) is 0 Å². The third-order valence-corrected chi connectivity index (χ3v) is 7.27. The van der Waals surface area contributed by atoms with Crippen LogP contribution in [0.5, 0.6) is 0 Å². The predicted octanol–water partition coefficient (Wildman–Crippen LogP) is 4.05. The second kappa shape index (κ2) is 4.57. The Bertz CT molecular complexity index is 481. The Morgan fingerprint density at radius 2 is 1.81 bits per heavy atom. The molecule has 0 heterocycles. The molecule has 0 unspecified atom stereocenters. The van der Waals surface area contributed by atoms with Crippen molar-refractivity contribution in [2.75, 3.05) is 0 Å². The maximum Gasteiger partial charge on any atom is 0.310 e. The van der Waals surface area contributed by atoms with E-state index >= 15 is 0 Å². The van der Waals surface area contributed by atoms with Crippen LogP contribution in [-0.2, 0) is 9.59 Å². The Morgan fingerprint density at radius 3 is 2.48 bits per heavy atom. The van der Waals surface area contributed by atoms with Crippen molar-refractivity contribution in [3.63, 3.8) is 0 Å². The summed E-state index contributed by atoms with van der Waals surface area (Å²) in [7, 11) is 0. The van der Waals surface area contributed by atoms with E-state index in [4.69, 9.17) is 0 Å². The predicted molar refractivity (Wildman–Crippen MR) is 80.9 cm³/mol. The standard InChI is InChI=1S/C18H28O3/c1-16(2)8-4-9-17(3)13(16)7-10-18(15(20)21)11-12(19)5-6-14(17)18/h13-14H,4-11H2,1-3H3,(H,20,21)/t13-,14+,17-,18-/m1/s1. The van der Waals surface area contributed by atoms with Crippen LogP contribution in [0.4, 0.5) is 0 Å². The van der Waals surface area contributed by atoms with Gasteiger partial charge in [-0.3, -0.25) is 9.59 Å². The fourth-order valence-corrected chi connectivity index (χ4v) is 6.41. The van der Waals surface area contributed by atoms with Crippen molar-refractivity contribution in [2.24, 2.45) is 28.1 Å². The molecule has 0 aromatic rings. The smallest absolute Gasteiger partial charge is 0.310 e. The first-order chi connectivity index (χ1) is 9.72. The van der Waals surface area contributed by atoms with E-state index in [9.17, 15) is 14.7 Å². The topological polar surface area (TPSA) is 54.4 Å². The van der Waals surface area contributed by atoms with Crippen molar-refractivity contribution < 1.29 is 14.7 Å². The molecule has 3 nitrogen and oxygen atoms in total. The van der Waals surface area contributed by atoms with Crippen molar-refractivity contribution in [1.82, 2.24) is 0 Å². The Morgan fingerprint density at radius 1 is 1.10 bits per heavy atom. The fourth-order valence-electron chi connectivity index (χ4n) is 6.41. The number of Topliss-reactive ketones (excluding diaryl/α,β-unsaturated/α-hetero) is 1. The van der Waals surface area contributed by atoms with Gasteiger partial charge in [-0.25, -0.2) is 0 Å². The van der Waals surface area contributed by atoms with Crippen molar-refractivity contribution in [3.8, 4) is 0 Å². The zero-order chi connectivity index (χ0) is 15.5. The van der Waals surface area contributed by atoms with Crippen LogP contribution in [0.2, 0.25) is 0 Å². The highest BCUT2D eigenvalue weighted by molar-refractivity contribution is 5.88. The molecule has 0 spiro atoms. The number of aliphatic carboxylic acids is 1. The molecule has 3 aliphatic rings. The monoisotopic (exact) mass is 292 g/mol. The van der Waals surface area contributed by atoms with E-state index in [1.54, 1.807) is 0 Å². The van der Waals surface area contributed by atoms with Crippen molar-refractivity contribution in [2.45, 2.75) is 72.1 Å². The minimum atomic E-state index is -0.770. The Kier molecular flexibility index (Phi) is 3.27. The molecule has 3 fully saturated rings.